The Morgan fingerprint density at radius 2 is 2.10 bits per heavy atom. The van der Waals surface area contributed by atoms with Gasteiger partial charge in [0.1, 0.15) is 0 Å². The van der Waals surface area contributed by atoms with E-state index in [0.717, 1.165) is 0 Å². The van der Waals surface area contributed by atoms with Gasteiger partial charge in [0.15, 0.2) is 17.9 Å². The Bertz CT molecular complexity index is 641. The van der Waals surface area contributed by atoms with Gasteiger partial charge in [-0.15, -0.1) is 0 Å². The summed E-state index contributed by atoms with van der Waals surface area (Å²) in [6.45, 7) is 1.42. The lowest BCUT2D eigenvalue weighted by Crippen LogP contribution is -2.16. The third-order valence-electron chi connectivity index (χ3n) is 3.24. The molecule has 4 heteroatoms. The second-order valence-corrected chi connectivity index (χ2v) is 5.07. The SMILES string of the molecule is CC(=O)c1ccc(C(=O)C2C=CC(Cl)=CC2)c(C=O)c1. The number of rotatable bonds is 4. The van der Waals surface area contributed by atoms with E-state index in [-0.39, 0.29) is 23.0 Å². The first-order valence-electron chi connectivity index (χ1n) is 6.21. The molecule has 1 aromatic rings. The first-order valence-corrected chi connectivity index (χ1v) is 6.59. The molecule has 0 saturated heterocycles. The number of carbonyl (C=O) groups excluding carboxylic acids is 3. The van der Waals surface area contributed by atoms with E-state index in [1.165, 1.54) is 19.1 Å². The molecule has 0 N–H and O–H groups in total. The number of Topliss-reactive ketones (excluding diaryl/α,β-unsaturated/α-hetero) is 2. The van der Waals surface area contributed by atoms with Gasteiger partial charge in [0, 0.05) is 27.6 Å². The normalized spacial score (nSPS) is 17.5. The number of hydrogen-bond acceptors (Lipinski definition) is 3. The summed E-state index contributed by atoms with van der Waals surface area (Å²) in [7, 11) is 0. The van der Waals surface area contributed by atoms with Crippen LogP contribution in [0.2, 0.25) is 0 Å². The van der Waals surface area contributed by atoms with Gasteiger partial charge in [0.2, 0.25) is 0 Å². The van der Waals surface area contributed by atoms with Crippen molar-refractivity contribution in [3.63, 3.8) is 0 Å². The molecule has 0 fully saturated rings. The van der Waals surface area contributed by atoms with Crippen LogP contribution >= 0.6 is 11.6 Å². The van der Waals surface area contributed by atoms with Crippen LogP contribution in [0.15, 0.2) is 41.5 Å². The Morgan fingerprint density at radius 1 is 1.35 bits per heavy atom. The van der Waals surface area contributed by atoms with Gasteiger partial charge >= 0.3 is 0 Å². The highest BCUT2D eigenvalue weighted by Crippen LogP contribution is 2.24. The molecule has 0 spiro atoms. The molecule has 0 aliphatic heterocycles. The summed E-state index contributed by atoms with van der Waals surface area (Å²) in [5.74, 6) is -0.599. The van der Waals surface area contributed by atoms with Crippen LogP contribution in [0, 0.1) is 5.92 Å². The van der Waals surface area contributed by atoms with Crippen LogP contribution in [-0.2, 0) is 0 Å². The van der Waals surface area contributed by atoms with Crippen LogP contribution in [0.4, 0.5) is 0 Å². The third-order valence-corrected chi connectivity index (χ3v) is 3.52. The van der Waals surface area contributed by atoms with Crippen molar-refractivity contribution in [1.82, 2.24) is 0 Å². The monoisotopic (exact) mass is 288 g/mol. The Kier molecular flexibility index (Phi) is 4.30. The fourth-order valence-electron chi connectivity index (χ4n) is 2.09. The first-order chi connectivity index (χ1) is 9.52. The fraction of sp³-hybridized carbons (Fsp3) is 0.188. The Labute approximate surface area is 121 Å². The van der Waals surface area contributed by atoms with Gasteiger partial charge in [-0.2, -0.15) is 0 Å². The molecule has 0 saturated carbocycles. The van der Waals surface area contributed by atoms with E-state index in [0.29, 0.717) is 28.9 Å². The second kappa shape index (κ2) is 5.97. The van der Waals surface area contributed by atoms with Crippen molar-refractivity contribution in [3.05, 3.63) is 58.1 Å². The van der Waals surface area contributed by atoms with E-state index in [1.807, 2.05) is 0 Å². The maximum Gasteiger partial charge on any atom is 0.170 e. The van der Waals surface area contributed by atoms with E-state index in [9.17, 15) is 14.4 Å². The zero-order chi connectivity index (χ0) is 14.7. The summed E-state index contributed by atoms with van der Waals surface area (Å²) in [4.78, 5) is 34.8. The van der Waals surface area contributed by atoms with Crippen LogP contribution in [-0.4, -0.2) is 17.9 Å². The predicted octanol–water partition coefficient (Wildman–Crippen LogP) is 3.58. The van der Waals surface area contributed by atoms with Gasteiger partial charge in [0.05, 0.1) is 0 Å². The van der Waals surface area contributed by atoms with E-state index >= 15 is 0 Å². The lowest BCUT2D eigenvalue weighted by molar-refractivity contribution is 0.0938. The average Bonchev–Trinajstić information content (AvgIpc) is 2.46. The lowest BCUT2D eigenvalue weighted by Gasteiger charge is -2.14. The second-order valence-electron chi connectivity index (χ2n) is 4.63. The molecule has 1 aliphatic rings. The Balaban J connectivity index is 2.33. The first kappa shape index (κ1) is 14.4. The highest BCUT2D eigenvalue weighted by atomic mass is 35.5. The van der Waals surface area contributed by atoms with Crippen LogP contribution in [0.5, 0.6) is 0 Å². The molecule has 1 atom stereocenters. The molecule has 1 aromatic carbocycles. The maximum atomic E-state index is 12.4. The number of ketones is 2. The maximum absolute atomic E-state index is 12.4. The summed E-state index contributed by atoms with van der Waals surface area (Å²) < 4.78 is 0. The van der Waals surface area contributed by atoms with Crippen LogP contribution in [0.25, 0.3) is 0 Å². The predicted molar refractivity (Wildman–Crippen MR) is 77.3 cm³/mol. The molecule has 2 rings (SSSR count). The van der Waals surface area contributed by atoms with Crippen molar-refractivity contribution in [2.75, 3.05) is 0 Å². The van der Waals surface area contributed by atoms with Crippen molar-refractivity contribution < 1.29 is 14.4 Å². The number of hydrogen-bond donors (Lipinski definition) is 0. The Hall–Kier alpha value is -2.00. The van der Waals surface area contributed by atoms with Crippen LogP contribution < -0.4 is 0 Å². The molecule has 3 nitrogen and oxygen atoms in total. The minimum absolute atomic E-state index is 0.139. The van der Waals surface area contributed by atoms with Crippen molar-refractivity contribution in [1.29, 1.82) is 0 Å². The molecule has 0 aromatic heterocycles. The lowest BCUT2D eigenvalue weighted by atomic mass is 9.89. The molecule has 0 amide bonds. The van der Waals surface area contributed by atoms with Crippen LogP contribution in [0.1, 0.15) is 44.4 Å². The molecule has 0 radical (unpaired) electrons. The van der Waals surface area contributed by atoms with Gasteiger partial charge in [0.25, 0.3) is 0 Å². The molecular formula is C16H13ClO3. The number of aldehydes is 1. The van der Waals surface area contributed by atoms with E-state index in [2.05, 4.69) is 0 Å². The van der Waals surface area contributed by atoms with E-state index in [1.54, 1.807) is 24.3 Å². The molecule has 0 heterocycles. The fourth-order valence-corrected chi connectivity index (χ4v) is 2.25. The van der Waals surface area contributed by atoms with E-state index in [4.69, 9.17) is 11.6 Å². The number of halogens is 1. The molecule has 1 unspecified atom stereocenters. The van der Waals surface area contributed by atoms with Gasteiger partial charge < -0.3 is 0 Å². The van der Waals surface area contributed by atoms with Crippen molar-refractivity contribution in [2.24, 2.45) is 5.92 Å². The third kappa shape index (κ3) is 2.94. The minimum atomic E-state index is -0.320. The summed E-state index contributed by atoms with van der Waals surface area (Å²) in [5.41, 5.74) is 1.01. The summed E-state index contributed by atoms with van der Waals surface area (Å²) in [5, 5.41) is 0.608. The summed E-state index contributed by atoms with van der Waals surface area (Å²) in [6.07, 6.45) is 6.31. The highest BCUT2D eigenvalue weighted by molar-refractivity contribution is 6.31. The van der Waals surface area contributed by atoms with Gasteiger partial charge in [-0.25, -0.2) is 0 Å². The molecule has 1 aliphatic carbocycles. The highest BCUT2D eigenvalue weighted by Gasteiger charge is 2.21. The van der Waals surface area contributed by atoms with Gasteiger partial charge in [-0.1, -0.05) is 29.8 Å². The molecular weight excluding hydrogens is 276 g/mol. The standard InChI is InChI=1S/C16H13ClO3/c1-10(19)12-4-7-15(13(8-12)9-18)16(20)11-2-5-14(17)6-3-11/h2,4-9,11H,3H2,1H3. The summed E-state index contributed by atoms with van der Waals surface area (Å²) in [6, 6.07) is 4.56. The van der Waals surface area contributed by atoms with Crippen molar-refractivity contribution in [3.8, 4) is 0 Å². The topological polar surface area (TPSA) is 51.2 Å². The quantitative estimate of drug-likeness (QED) is 0.628. The number of carbonyl (C=O) groups is 3. The molecule has 0 bridgehead atoms. The molecule has 102 valence electrons. The Morgan fingerprint density at radius 3 is 2.65 bits per heavy atom. The van der Waals surface area contributed by atoms with Crippen LogP contribution in [0.3, 0.4) is 0 Å². The number of allylic oxidation sites excluding steroid dienone is 4. The van der Waals surface area contributed by atoms with Crippen molar-refractivity contribution >= 4 is 29.5 Å². The van der Waals surface area contributed by atoms with Gasteiger partial charge in [-0.3, -0.25) is 14.4 Å². The molecule has 20 heavy (non-hydrogen) atoms. The smallest absolute Gasteiger partial charge is 0.170 e. The zero-order valence-electron chi connectivity index (χ0n) is 10.9. The minimum Gasteiger partial charge on any atom is -0.298 e. The van der Waals surface area contributed by atoms with E-state index < -0.39 is 0 Å². The van der Waals surface area contributed by atoms with Gasteiger partial charge in [-0.05, 0) is 31.6 Å². The average molecular weight is 289 g/mol. The number of benzene rings is 1. The van der Waals surface area contributed by atoms with Crippen molar-refractivity contribution in [2.45, 2.75) is 13.3 Å². The summed E-state index contributed by atoms with van der Waals surface area (Å²) >= 11 is 5.82. The largest absolute Gasteiger partial charge is 0.298 e. The zero-order valence-corrected chi connectivity index (χ0v) is 11.7.